The van der Waals surface area contributed by atoms with Crippen LogP contribution in [-0.4, -0.2) is 42.7 Å². The Morgan fingerprint density at radius 2 is 1.52 bits per heavy atom. The molecule has 114 valence electrons. The van der Waals surface area contributed by atoms with Gasteiger partial charge in [0.2, 0.25) is 11.8 Å². The van der Waals surface area contributed by atoms with Crippen LogP contribution in [0, 0.1) is 0 Å². The largest absolute Gasteiger partial charge is 0.496 e. The van der Waals surface area contributed by atoms with Gasteiger partial charge in [-0.15, -0.1) is 10.2 Å². The van der Waals surface area contributed by atoms with Crippen molar-refractivity contribution in [2.24, 2.45) is 0 Å². The predicted octanol–water partition coefficient (Wildman–Crippen LogP) is 1.24. The Morgan fingerprint density at radius 1 is 0.952 bits per heavy atom. The first-order valence-electron chi connectivity index (χ1n) is 6.53. The van der Waals surface area contributed by atoms with Gasteiger partial charge in [0.15, 0.2) is 0 Å². The average Bonchev–Trinajstić information content (AvgIpc) is 2.95. The highest BCUT2D eigenvalue weighted by Gasteiger charge is 2.07. The molecule has 7 nitrogen and oxygen atoms in total. The lowest BCUT2D eigenvalue weighted by Crippen LogP contribution is -2.02. The number of aliphatic hydroxyl groups excluding tert-OH is 1. The third-order valence-electron chi connectivity index (χ3n) is 2.74. The molecule has 2 aromatic rings. The second-order valence-electron chi connectivity index (χ2n) is 4.21. The fraction of sp³-hybridized carbons (Fsp3) is 0.429. The number of aliphatic hydroxyl groups is 1. The summed E-state index contributed by atoms with van der Waals surface area (Å²) in [5.41, 5.74) is 0. The van der Waals surface area contributed by atoms with Crippen molar-refractivity contribution in [3.8, 4) is 17.2 Å². The molecule has 7 heteroatoms. The zero-order valence-electron chi connectivity index (χ0n) is 12.0. The highest BCUT2D eigenvalue weighted by atomic mass is 16.5. The average molecular weight is 294 g/mol. The molecule has 0 fully saturated rings. The van der Waals surface area contributed by atoms with Crippen molar-refractivity contribution in [2.45, 2.75) is 12.8 Å². The minimum absolute atomic E-state index is 0.0122. The van der Waals surface area contributed by atoms with Gasteiger partial charge in [0, 0.05) is 24.6 Å². The van der Waals surface area contributed by atoms with Gasteiger partial charge in [-0.05, 0) is 0 Å². The lowest BCUT2D eigenvalue weighted by Gasteiger charge is -2.09. The van der Waals surface area contributed by atoms with Gasteiger partial charge in [0.25, 0.3) is 0 Å². The zero-order chi connectivity index (χ0) is 15.1. The van der Waals surface area contributed by atoms with Gasteiger partial charge in [-0.3, -0.25) is 0 Å². The fourth-order valence-corrected chi connectivity index (χ4v) is 1.71. The summed E-state index contributed by atoms with van der Waals surface area (Å²) < 4.78 is 21.3. The summed E-state index contributed by atoms with van der Waals surface area (Å²) in [6.45, 7) is 0.374. The first kappa shape index (κ1) is 15.1. The smallest absolute Gasteiger partial charge is 0.219 e. The van der Waals surface area contributed by atoms with E-state index in [2.05, 4.69) is 10.2 Å². The Morgan fingerprint density at radius 3 is 2.10 bits per heavy atom. The van der Waals surface area contributed by atoms with Crippen LogP contribution in [0.25, 0.3) is 0 Å². The third-order valence-corrected chi connectivity index (χ3v) is 2.74. The fourth-order valence-electron chi connectivity index (χ4n) is 1.71. The number of hydrogen-bond donors (Lipinski definition) is 1. The maximum atomic E-state index is 8.78. The van der Waals surface area contributed by atoms with Gasteiger partial charge in [0.1, 0.15) is 17.2 Å². The zero-order valence-corrected chi connectivity index (χ0v) is 12.0. The lowest BCUT2D eigenvalue weighted by molar-refractivity contribution is 0.277. The summed E-state index contributed by atoms with van der Waals surface area (Å²) in [6.07, 6.45) is 0.846. The van der Waals surface area contributed by atoms with Crippen LogP contribution in [0.15, 0.2) is 22.6 Å². The monoisotopic (exact) mass is 294 g/mol. The van der Waals surface area contributed by atoms with E-state index in [-0.39, 0.29) is 6.61 Å². The molecule has 0 aliphatic rings. The number of aromatic nitrogens is 2. The number of ether oxygens (including phenoxy) is 3. The van der Waals surface area contributed by atoms with Crippen molar-refractivity contribution in [3.05, 3.63) is 30.0 Å². The van der Waals surface area contributed by atoms with Crippen LogP contribution in [0.3, 0.4) is 0 Å². The van der Waals surface area contributed by atoms with Crippen LogP contribution in [0.5, 0.6) is 17.2 Å². The summed E-state index contributed by atoms with van der Waals surface area (Å²) in [4.78, 5) is 0. The quantitative estimate of drug-likeness (QED) is 0.783. The van der Waals surface area contributed by atoms with E-state index in [4.69, 9.17) is 23.7 Å². The van der Waals surface area contributed by atoms with E-state index < -0.39 is 0 Å². The van der Waals surface area contributed by atoms with E-state index in [1.54, 1.807) is 32.4 Å². The Kier molecular flexibility index (Phi) is 5.39. The summed E-state index contributed by atoms with van der Waals surface area (Å²) in [7, 11) is 3.17. The van der Waals surface area contributed by atoms with Crippen molar-refractivity contribution in [2.75, 3.05) is 27.4 Å². The Bertz CT molecular complexity index is 548. The van der Waals surface area contributed by atoms with Crippen molar-refractivity contribution < 1.29 is 23.7 Å². The Balaban J connectivity index is 1.90. The molecule has 1 aromatic carbocycles. The molecule has 0 atom stereocenters. The van der Waals surface area contributed by atoms with Crippen LogP contribution in [0.4, 0.5) is 0 Å². The van der Waals surface area contributed by atoms with E-state index in [1.165, 1.54) is 0 Å². The minimum Gasteiger partial charge on any atom is -0.496 e. The van der Waals surface area contributed by atoms with E-state index in [1.807, 2.05) is 0 Å². The topological polar surface area (TPSA) is 86.8 Å². The van der Waals surface area contributed by atoms with Gasteiger partial charge >= 0.3 is 0 Å². The number of rotatable bonds is 8. The van der Waals surface area contributed by atoms with Crippen molar-refractivity contribution >= 4 is 0 Å². The third kappa shape index (κ3) is 4.35. The van der Waals surface area contributed by atoms with Gasteiger partial charge in [-0.2, -0.15) is 0 Å². The lowest BCUT2D eigenvalue weighted by atomic mass is 10.3. The Hall–Kier alpha value is -2.28. The molecule has 0 amide bonds. The molecule has 1 N–H and O–H groups in total. The summed E-state index contributed by atoms with van der Waals surface area (Å²) in [6, 6.07) is 5.31. The predicted molar refractivity (Wildman–Crippen MR) is 73.8 cm³/mol. The van der Waals surface area contributed by atoms with E-state index in [0.29, 0.717) is 48.5 Å². The normalized spacial score (nSPS) is 10.4. The van der Waals surface area contributed by atoms with Crippen LogP contribution in [-0.2, 0) is 12.8 Å². The van der Waals surface area contributed by atoms with Crippen LogP contribution < -0.4 is 14.2 Å². The Labute approximate surface area is 122 Å². The number of methoxy groups -OCH3 is 2. The number of nitrogens with zero attached hydrogens (tertiary/aromatic N) is 2. The molecule has 0 spiro atoms. The summed E-state index contributed by atoms with van der Waals surface area (Å²) >= 11 is 0. The maximum absolute atomic E-state index is 8.78. The van der Waals surface area contributed by atoms with Gasteiger partial charge < -0.3 is 23.7 Å². The van der Waals surface area contributed by atoms with E-state index >= 15 is 0 Å². The molecule has 0 saturated carbocycles. The molecule has 0 radical (unpaired) electrons. The van der Waals surface area contributed by atoms with Gasteiger partial charge in [0.05, 0.1) is 33.9 Å². The molecular weight excluding hydrogens is 276 g/mol. The molecule has 1 aromatic heterocycles. The molecule has 0 saturated heterocycles. The van der Waals surface area contributed by atoms with E-state index in [9.17, 15) is 0 Å². The van der Waals surface area contributed by atoms with Crippen LogP contribution in [0.2, 0.25) is 0 Å². The maximum Gasteiger partial charge on any atom is 0.219 e. The summed E-state index contributed by atoms with van der Waals surface area (Å²) in [5, 5.41) is 16.5. The van der Waals surface area contributed by atoms with Crippen LogP contribution >= 0.6 is 0 Å². The highest BCUT2D eigenvalue weighted by Crippen LogP contribution is 2.27. The van der Waals surface area contributed by atoms with Crippen molar-refractivity contribution in [1.29, 1.82) is 0 Å². The molecule has 1 heterocycles. The standard InChI is InChI=1S/C14H18N2O5/c1-18-10-7-11(19-2)9-12(8-10)20-6-4-14-16-15-13(21-14)3-5-17/h7-9,17H,3-6H2,1-2H3. The van der Waals surface area contributed by atoms with E-state index in [0.717, 1.165) is 0 Å². The van der Waals surface area contributed by atoms with Crippen molar-refractivity contribution in [1.82, 2.24) is 10.2 Å². The molecule has 0 bridgehead atoms. The number of hydrogen-bond acceptors (Lipinski definition) is 7. The molecule has 0 aliphatic heterocycles. The first-order chi connectivity index (χ1) is 10.2. The molecule has 0 aliphatic carbocycles. The molecule has 21 heavy (non-hydrogen) atoms. The second kappa shape index (κ2) is 7.49. The molecule has 0 unspecified atom stereocenters. The first-order valence-corrected chi connectivity index (χ1v) is 6.53. The molecule has 2 rings (SSSR count). The second-order valence-corrected chi connectivity index (χ2v) is 4.21. The van der Waals surface area contributed by atoms with Crippen LogP contribution in [0.1, 0.15) is 11.8 Å². The minimum atomic E-state index is -0.0122. The highest BCUT2D eigenvalue weighted by molar-refractivity contribution is 5.41. The molecular formula is C14H18N2O5. The van der Waals surface area contributed by atoms with Crippen molar-refractivity contribution in [3.63, 3.8) is 0 Å². The SMILES string of the molecule is COc1cc(OC)cc(OCCc2nnc(CCO)o2)c1. The van der Waals surface area contributed by atoms with Gasteiger partial charge in [-0.25, -0.2) is 0 Å². The van der Waals surface area contributed by atoms with Gasteiger partial charge in [-0.1, -0.05) is 0 Å². The summed E-state index contributed by atoms with van der Waals surface area (Å²) in [5.74, 6) is 2.87. The number of benzene rings is 1.